The number of hydrogen-bond donors (Lipinski definition) is 1. The molecular formula is C15H11ClN4OS. The normalized spacial score (nSPS) is 11.0. The third-order valence-corrected chi connectivity index (χ3v) is 3.30. The van der Waals surface area contributed by atoms with Gasteiger partial charge < -0.3 is 4.74 Å². The maximum atomic E-state index is 5.85. The molecule has 1 heterocycles. The van der Waals surface area contributed by atoms with Crippen molar-refractivity contribution in [2.75, 3.05) is 0 Å². The van der Waals surface area contributed by atoms with Crippen LogP contribution in [0.15, 0.2) is 60.0 Å². The van der Waals surface area contributed by atoms with Gasteiger partial charge in [0, 0.05) is 5.02 Å². The average Bonchev–Trinajstić information content (AvgIpc) is 2.93. The molecule has 1 aromatic heterocycles. The van der Waals surface area contributed by atoms with Crippen LogP contribution in [-0.2, 0) is 0 Å². The first-order valence-corrected chi connectivity index (χ1v) is 7.19. The average molecular weight is 331 g/mol. The Labute approximate surface area is 136 Å². The molecule has 7 heteroatoms. The fourth-order valence-electron chi connectivity index (χ4n) is 1.75. The molecule has 0 unspecified atom stereocenters. The zero-order chi connectivity index (χ0) is 15.4. The Morgan fingerprint density at radius 1 is 1.18 bits per heavy atom. The number of H-pyrrole nitrogens is 1. The summed E-state index contributed by atoms with van der Waals surface area (Å²) in [5.41, 5.74) is 0.884. The highest BCUT2D eigenvalue weighted by atomic mass is 35.5. The number of ether oxygens (including phenoxy) is 1. The molecule has 0 saturated heterocycles. The lowest BCUT2D eigenvalue weighted by molar-refractivity contribution is 0.482. The summed E-state index contributed by atoms with van der Waals surface area (Å²) in [5.74, 6) is 1.43. The Morgan fingerprint density at radius 2 is 2.00 bits per heavy atom. The van der Waals surface area contributed by atoms with Crippen LogP contribution < -0.4 is 4.74 Å². The minimum absolute atomic E-state index is 0.435. The molecule has 3 rings (SSSR count). The highest BCUT2D eigenvalue weighted by Crippen LogP contribution is 2.23. The van der Waals surface area contributed by atoms with Crippen LogP contribution in [0.1, 0.15) is 5.56 Å². The largest absolute Gasteiger partial charge is 0.457 e. The third-order valence-electron chi connectivity index (χ3n) is 2.77. The van der Waals surface area contributed by atoms with Crippen molar-refractivity contribution in [3.05, 3.63) is 70.2 Å². The molecule has 0 radical (unpaired) electrons. The summed E-state index contributed by atoms with van der Waals surface area (Å²) in [6.45, 7) is 0. The van der Waals surface area contributed by atoms with E-state index in [-0.39, 0.29) is 0 Å². The summed E-state index contributed by atoms with van der Waals surface area (Å²) >= 11 is 10.9. The van der Waals surface area contributed by atoms with Gasteiger partial charge in [0.05, 0.1) is 6.21 Å². The van der Waals surface area contributed by atoms with Gasteiger partial charge in [0.15, 0.2) is 0 Å². The highest BCUT2D eigenvalue weighted by Gasteiger charge is 1.99. The molecule has 0 fully saturated rings. The van der Waals surface area contributed by atoms with Crippen LogP contribution >= 0.6 is 23.8 Å². The van der Waals surface area contributed by atoms with Gasteiger partial charge in [-0.2, -0.15) is 14.9 Å². The molecule has 0 saturated carbocycles. The second-order valence-corrected chi connectivity index (χ2v) is 5.20. The van der Waals surface area contributed by atoms with Crippen LogP contribution in [0.5, 0.6) is 11.5 Å². The van der Waals surface area contributed by atoms with E-state index in [9.17, 15) is 0 Å². The Bertz CT molecular complexity index is 854. The van der Waals surface area contributed by atoms with Crippen molar-refractivity contribution in [3.63, 3.8) is 0 Å². The molecule has 0 aliphatic rings. The standard InChI is InChI=1S/C15H11ClN4OS/c16-12-4-6-13(7-5-12)21-14-3-1-2-11(8-14)9-18-20-10-17-19-15(20)22/h1-10H,(H,19,22)/b18-9-. The number of benzene rings is 2. The summed E-state index contributed by atoms with van der Waals surface area (Å²) in [6, 6.07) is 14.7. The van der Waals surface area contributed by atoms with Gasteiger partial charge >= 0.3 is 0 Å². The predicted octanol–water partition coefficient (Wildman–Crippen LogP) is 4.27. The van der Waals surface area contributed by atoms with Crippen molar-refractivity contribution in [2.24, 2.45) is 5.10 Å². The first kappa shape index (κ1) is 14.5. The van der Waals surface area contributed by atoms with Gasteiger partial charge in [-0.3, -0.25) is 5.10 Å². The summed E-state index contributed by atoms with van der Waals surface area (Å²) < 4.78 is 7.68. The van der Waals surface area contributed by atoms with E-state index in [0.29, 0.717) is 15.5 Å². The fourth-order valence-corrected chi connectivity index (χ4v) is 2.02. The topological polar surface area (TPSA) is 55.2 Å². The molecule has 0 atom stereocenters. The van der Waals surface area contributed by atoms with E-state index in [1.165, 1.54) is 11.0 Å². The van der Waals surface area contributed by atoms with Crippen molar-refractivity contribution in [3.8, 4) is 11.5 Å². The zero-order valence-electron chi connectivity index (χ0n) is 11.3. The number of rotatable bonds is 4. The minimum Gasteiger partial charge on any atom is -0.457 e. The Balaban J connectivity index is 1.78. The molecule has 0 aliphatic carbocycles. The van der Waals surface area contributed by atoms with Gasteiger partial charge in [-0.05, 0) is 54.2 Å². The first-order valence-electron chi connectivity index (χ1n) is 6.40. The lowest BCUT2D eigenvalue weighted by Crippen LogP contribution is -1.90. The number of halogens is 1. The van der Waals surface area contributed by atoms with E-state index < -0.39 is 0 Å². The lowest BCUT2D eigenvalue weighted by atomic mass is 10.2. The number of nitrogens with one attached hydrogen (secondary N) is 1. The maximum Gasteiger partial charge on any atom is 0.216 e. The Kier molecular flexibility index (Phi) is 4.32. The van der Waals surface area contributed by atoms with Crippen molar-refractivity contribution >= 4 is 30.0 Å². The molecule has 0 spiro atoms. The predicted molar refractivity (Wildman–Crippen MR) is 88.4 cm³/mol. The van der Waals surface area contributed by atoms with Gasteiger partial charge in [-0.1, -0.05) is 23.7 Å². The van der Waals surface area contributed by atoms with E-state index in [0.717, 1.165) is 11.3 Å². The number of aromatic nitrogens is 3. The van der Waals surface area contributed by atoms with Gasteiger partial charge in [0.1, 0.15) is 17.8 Å². The lowest BCUT2D eigenvalue weighted by Gasteiger charge is -2.06. The summed E-state index contributed by atoms with van der Waals surface area (Å²) in [5, 5.41) is 11.3. The maximum absolute atomic E-state index is 5.85. The molecule has 2 aromatic carbocycles. The Hall–Kier alpha value is -2.44. The van der Waals surface area contributed by atoms with E-state index in [1.54, 1.807) is 18.3 Å². The van der Waals surface area contributed by atoms with Gasteiger partial charge in [-0.15, -0.1) is 0 Å². The number of hydrogen-bond acceptors (Lipinski definition) is 4. The minimum atomic E-state index is 0.435. The molecule has 0 bridgehead atoms. The SMILES string of the molecule is S=c1[nH]ncn1/N=C\c1cccc(Oc2ccc(Cl)cc2)c1. The summed E-state index contributed by atoms with van der Waals surface area (Å²) in [6.07, 6.45) is 3.19. The molecule has 1 N–H and O–H groups in total. The van der Waals surface area contributed by atoms with Gasteiger partial charge in [0.2, 0.25) is 4.77 Å². The van der Waals surface area contributed by atoms with E-state index in [1.807, 2.05) is 36.4 Å². The van der Waals surface area contributed by atoms with Crippen LogP contribution in [0.25, 0.3) is 0 Å². The van der Waals surface area contributed by atoms with Crippen LogP contribution in [0.4, 0.5) is 0 Å². The van der Waals surface area contributed by atoms with Crippen molar-refractivity contribution in [1.29, 1.82) is 0 Å². The molecule has 0 amide bonds. The quantitative estimate of drug-likeness (QED) is 0.574. The number of aromatic amines is 1. The van der Waals surface area contributed by atoms with Crippen molar-refractivity contribution in [2.45, 2.75) is 0 Å². The molecule has 3 aromatic rings. The molecule has 110 valence electrons. The summed E-state index contributed by atoms with van der Waals surface area (Å²) in [7, 11) is 0. The second kappa shape index (κ2) is 6.55. The smallest absolute Gasteiger partial charge is 0.216 e. The molecule has 5 nitrogen and oxygen atoms in total. The second-order valence-electron chi connectivity index (χ2n) is 4.38. The Morgan fingerprint density at radius 3 is 2.73 bits per heavy atom. The molecular weight excluding hydrogens is 320 g/mol. The third kappa shape index (κ3) is 3.60. The zero-order valence-corrected chi connectivity index (χ0v) is 12.9. The van der Waals surface area contributed by atoms with E-state index in [2.05, 4.69) is 15.3 Å². The van der Waals surface area contributed by atoms with Crippen LogP contribution in [0.3, 0.4) is 0 Å². The van der Waals surface area contributed by atoms with Gasteiger partial charge in [0.25, 0.3) is 0 Å². The number of nitrogens with zero attached hydrogens (tertiary/aromatic N) is 3. The van der Waals surface area contributed by atoms with Crippen molar-refractivity contribution < 1.29 is 4.74 Å². The van der Waals surface area contributed by atoms with Crippen LogP contribution in [0, 0.1) is 4.77 Å². The van der Waals surface area contributed by atoms with Crippen molar-refractivity contribution in [1.82, 2.24) is 14.9 Å². The molecule has 0 aliphatic heterocycles. The molecule has 22 heavy (non-hydrogen) atoms. The first-order chi connectivity index (χ1) is 10.7. The van der Waals surface area contributed by atoms with E-state index >= 15 is 0 Å². The van der Waals surface area contributed by atoms with E-state index in [4.69, 9.17) is 28.6 Å². The monoisotopic (exact) mass is 330 g/mol. The summed E-state index contributed by atoms with van der Waals surface area (Å²) in [4.78, 5) is 0. The van der Waals surface area contributed by atoms with Gasteiger partial charge in [-0.25, -0.2) is 0 Å². The highest BCUT2D eigenvalue weighted by molar-refractivity contribution is 7.71. The fraction of sp³-hybridized carbons (Fsp3) is 0. The van der Waals surface area contributed by atoms with Crippen LogP contribution in [0.2, 0.25) is 5.02 Å². The van der Waals surface area contributed by atoms with Crippen LogP contribution in [-0.4, -0.2) is 21.1 Å².